The van der Waals surface area contributed by atoms with E-state index < -0.39 is 0 Å². The highest BCUT2D eigenvalue weighted by atomic mass is 32.1. The van der Waals surface area contributed by atoms with E-state index >= 15 is 0 Å². The van der Waals surface area contributed by atoms with Crippen LogP contribution in [0.4, 0.5) is 11.5 Å². The lowest BCUT2D eigenvalue weighted by molar-refractivity contribution is -0.123. The van der Waals surface area contributed by atoms with E-state index in [0.29, 0.717) is 26.3 Å². The van der Waals surface area contributed by atoms with Crippen LogP contribution in [-0.4, -0.2) is 16.4 Å². The van der Waals surface area contributed by atoms with Crippen LogP contribution in [0.1, 0.15) is 41.9 Å². The zero-order chi connectivity index (χ0) is 21.5. The SMILES string of the molecule is CC1CCC2C(C1)C(=O)Nc1c(C(=O)Nc3ccc(-c4ccccc4)cc3)sc(=S)n12. The van der Waals surface area contributed by atoms with Gasteiger partial charge in [0.15, 0.2) is 3.95 Å². The van der Waals surface area contributed by atoms with Gasteiger partial charge < -0.3 is 15.2 Å². The van der Waals surface area contributed by atoms with Crippen LogP contribution in [0.25, 0.3) is 11.1 Å². The molecule has 3 aromatic rings. The highest BCUT2D eigenvalue weighted by Gasteiger charge is 2.41. The standard InChI is InChI=1S/C24H23N3O2S2/c1-14-7-12-19-18(13-14)22(28)26-21-20(31-24(30)27(19)21)23(29)25-17-10-8-16(9-11-17)15-5-3-2-4-6-15/h2-6,8-11,14,18-19H,7,12-13H2,1H3,(H,25,29)(H,26,28). The van der Waals surface area contributed by atoms with Gasteiger partial charge in [0.05, 0.1) is 5.92 Å². The summed E-state index contributed by atoms with van der Waals surface area (Å²) in [6.45, 7) is 2.19. The number of hydrogen-bond acceptors (Lipinski definition) is 4. The van der Waals surface area contributed by atoms with Crippen LogP contribution < -0.4 is 10.6 Å². The van der Waals surface area contributed by atoms with Crippen molar-refractivity contribution in [3.63, 3.8) is 0 Å². The third-order valence-corrected chi connectivity index (χ3v) is 7.69. The maximum Gasteiger partial charge on any atom is 0.269 e. The fourth-order valence-corrected chi connectivity index (χ4v) is 6.05. The second-order valence-electron chi connectivity index (χ2n) is 8.39. The molecule has 2 aromatic carbocycles. The van der Waals surface area contributed by atoms with Crippen LogP contribution >= 0.6 is 23.6 Å². The summed E-state index contributed by atoms with van der Waals surface area (Å²) >= 11 is 6.87. The van der Waals surface area contributed by atoms with Gasteiger partial charge in [0, 0.05) is 11.7 Å². The topological polar surface area (TPSA) is 63.1 Å². The van der Waals surface area contributed by atoms with Crippen molar-refractivity contribution in [3.05, 3.63) is 63.4 Å². The molecule has 0 bridgehead atoms. The Hall–Kier alpha value is -2.77. The number of aromatic nitrogens is 1. The molecule has 3 unspecified atom stereocenters. The zero-order valence-electron chi connectivity index (χ0n) is 17.1. The number of carbonyl (C=O) groups excluding carboxylic acids is 2. The van der Waals surface area contributed by atoms with E-state index in [4.69, 9.17) is 12.2 Å². The number of thiazole rings is 1. The molecule has 31 heavy (non-hydrogen) atoms. The number of nitrogens with zero attached hydrogens (tertiary/aromatic N) is 1. The van der Waals surface area contributed by atoms with E-state index in [0.717, 1.165) is 30.4 Å². The number of hydrogen-bond donors (Lipinski definition) is 2. The Morgan fingerprint density at radius 2 is 1.81 bits per heavy atom. The molecule has 0 radical (unpaired) electrons. The lowest BCUT2D eigenvalue weighted by Gasteiger charge is -2.39. The first-order valence-corrected chi connectivity index (χ1v) is 11.8. The molecule has 7 heteroatoms. The monoisotopic (exact) mass is 449 g/mol. The highest BCUT2D eigenvalue weighted by molar-refractivity contribution is 7.73. The van der Waals surface area contributed by atoms with Gasteiger partial charge in [-0.2, -0.15) is 0 Å². The van der Waals surface area contributed by atoms with Gasteiger partial charge in [-0.3, -0.25) is 9.59 Å². The number of fused-ring (bicyclic) bond motifs is 3. The number of carbonyl (C=O) groups is 2. The minimum atomic E-state index is -0.250. The van der Waals surface area contributed by atoms with E-state index in [9.17, 15) is 9.59 Å². The van der Waals surface area contributed by atoms with Crippen LogP contribution in [0.5, 0.6) is 0 Å². The van der Waals surface area contributed by atoms with Crippen LogP contribution in [-0.2, 0) is 4.79 Å². The van der Waals surface area contributed by atoms with Gasteiger partial charge >= 0.3 is 0 Å². The molecule has 1 aliphatic carbocycles. The molecule has 2 amide bonds. The zero-order valence-corrected chi connectivity index (χ0v) is 18.8. The maximum absolute atomic E-state index is 13.1. The number of anilines is 2. The molecule has 1 fully saturated rings. The third-order valence-electron chi connectivity index (χ3n) is 6.28. The van der Waals surface area contributed by atoms with E-state index in [-0.39, 0.29) is 23.8 Å². The van der Waals surface area contributed by atoms with Crippen molar-refractivity contribution < 1.29 is 9.59 Å². The summed E-state index contributed by atoms with van der Waals surface area (Å²) in [6.07, 6.45) is 2.85. The molecule has 2 aliphatic rings. The lowest BCUT2D eigenvalue weighted by atomic mass is 9.77. The fourth-order valence-electron chi connectivity index (χ4n) is 4.69. The average molecular weight is 450 g/mol. The summed E-state index contributed by atoms with van der Waals surface area (Å²) in [5, 5.41) is 5.93. The first kappa shape index (κ1) is 20.2. The molecule has 1 aliphatic heterocycles. The Kier molecular flexibility index (Phi) is 5.24. The molecular weight excluding hydrogens is 426 g/mol. The predicted octanol–water partition coefficient (Wildman–Crippen LogP) is 6.13. The van der Waals surface area contributed by atoms with E-state index in [2.05, 4.69) is 29.7 Å². The highest BCUT2D eigenvalue weighted by Crippen LogP contribution is 2.44. The van der Waals surface area contributed by atoms with Gasteiger partial charge in [-0.25, -0.2) is 0 Å². The number of amides is 2. The quantitative estimate of drug-likeness (QED) is 0.473. The summed E-state index contributed by atoms with van der Waals surface area (Å²) in [6, 6.07) is 17.9. The molecular formula is C24H23N3O2S2. The van der Waals surface area contributed by atoms with Crippen LogP contribution in [0.15, 0.2) is 54.6 Å². The summed E-state index contributed by atoms with van der Waals surface area (Å²) < 4.78 is 2.65. The van der Waals surface area contributed by atoms with Gasteiger partial charge in [-0.05, 0) is 60.7 Å². The molecule has 1 saturated carbocycles. The maximum atomic E-state index is 13.1. The normalized spacial score (nSPS) is 22.2. The van der Waals surface area contributed by atoms with Crippen molar-refractivity contribution in [1.82, 2.24) is 4.57 Å². The van der Waals surface area contributed by atoms with E-state index in [1.165, 1.54) is 11.3 Å². The Morgan fingerprint density at radius 3 is 2.55 bits per heavy atom. The summed E-state index contributed by atoms with van der Waals surface area (Å²) in [5.74, 6) is 0.766. The summed E-state index contributed by atoms with van der Waals surface area (Å²) in [5.41, 5.74) is 2.91. The molecule has 2 N–H and O–H groups in total. The minimum absolute atomic E-state index is 0.00520. The Labute approximate surface area is 190 Å². The van der Waals surface area contributed by atoms with Crippen molar-refractivity contribution in [2.75, 3.05) is 10.6 Å². The van der Waals surface area contributed by atoms with Gasteiger partial charge in [0.1, 0.15) is 10.7 Å². The van der Waals surface area contributed by atoms with Crippen molar-refractivity contribution in [3.8, 4) is 11.1 Å². The number of rotatable bonds is 3. The fraction of sp³-hybridized carbons (Fsp3) is 0.292. The second kappa shape index (κ2) is 8.05. The first-order valence-electron chi connectivity index (χ1n) is 10.5. The van der Waals surface area contributed by atoms with Crippen molar-refractivity contribution in [2.45, 2.75) is 32.2 Å². The molecule has 5 rings (SSSR count). The second-order valence-corrected chi connectivity index (χ2v) is 10.0. The lowest BCUT2D eigenvalue weighted by Crippen LogP contribution is -2.41. The van der Waals surface area contributed by atoms with Crippen molar-refractivity contribution in [2.24, 2.45) is 11.8 Å². The van der Waals surface area contributed by atoms with Gasteiger partial charge in [-0.1, -0.05) is 60.7 Å². The van der Waals surface area contributed by atoms with Crippen LogP contribution in [0.3, 0.4) is 0 Å². The molecule has 5 nitrogen and oxygen atoms in total. The summed E-state index contributed by atoms with van der Waals surface area (Å²) in [4.78, 5) is 26.3. The van der Waals surface area contributed by atoms with Crippen LogP contribution in [0.2, 0.25) is 0 Å². The average Bonchev–Trinajstić information content (AvgIpc) is 3.11. The Bertz CT molecular complexity index is 1200. The van der Waals surface area contributed by atoms with E-state index in [1.54, 1.807) is 0 Å². The molecule has 1 aromatic heterocycles. The largest absolute Gasteiger partial charge is 0.321 e. The van der Waals surface area contributed by atoms with E-state index in [1.807, 2.05) is 47.0 Å². The predicted molar refractivity (Wildman–Crippen MR) is 127 cm³/mol. The van der Waals surface area contributed by atoms with Gasteiger partial charge in [0.25, 0.3) is 5.91 Å². The Morgan fingerprint density at radius 1 is 1.10 bits per heavy atom. The van der Waals surface area contributed by atoms with Gasteiger partial charge in [-0.15, -0.1) is 0 Å². The molecule has 0 saturated heterocycles. The third kappa shape index (κ3) is 3.72. The molecule has 2 heterocycles. The molecule has 158 valence electrons. The smallest absolute Gasteiger partial charge is 0.269 e. The molecule has 0 spiro atoms. The molecule has 3 atom stereocenters. The summed E-state index contributed by atoms with van der Waals surface area (Å²) in [7, 11) is 0. The van der Waals surface area contributed by atoms with Gasteiger partial charge in [0.2, 0.25) is 5.91 Å². The first-order chi connectivity index (χ1) is 15.0. The van der Waals surface area contributed by atoms with Crippen LogP contribution in [0, 0.1) is 15.8 Å². The van der Waals surface area contributed by atoms with Crippen molar-refractivity contribution >= 4 is 46.9 Å². The number of nitrogens with one attached hydrogen (secondary N) is 2. The Balaban J connectivity index is 1.39. The van der Waals surface area contributed by atoms with Crippen molar-refractivity contribution in [1.29, 1.82) is 0 Å². The minimum Gasteiger partial charge on any atom is -0.321 e. The number of benzene rings is 2.